The number of carboxylic acid groups (broad SMARTS) is 1. The molecule has 152 valence electrons. The Morgan fingerprint density at radius 3 is 2.82 bits per heavy atom. The fourth-order valence-corrected chi connectivity index (χ4v) is 3.78. The molecule has 0 atom stereocenters. The van der Waals surface area contributed by atoms with Gasteiger partial charge in [-0.2, -0.15) is 0 Å². The van der Waals surface area contributed by atoms with Gasteiger partial charge in [-0.05, 0) is 39.0 Å². The maximum absolute atomic E-state index is 12.3. The summed E-state index contributed by atoms with van der Waals surface area (Å²) in [5.41, 5.74) is 2.45. The molecule has 0 saturated carbocycles. The third kappa shape index (κ3) is 7.71. The number of nitrogens with zero attached hydrogens (tertiary/aromatic N) is 4. The Labute approximate surface area is 169 Å². The summed E-state index contributed by atoms with van der Waals surface area (Å²) < 4.78 is 0. The first-order chi connectivity index (χ1) is 13.5. The second-order valence-electron chi connectivity index (χ2n) is 6.75. The number of hydrogen-bond acceptors (Lipinski definition) is 7. The number of benzene rings is 1. The molecular weight excluding hydrogens is 378 g/mol. The molecular formula is C19H27N5O3S. The number of aromatic nitrogens is 2. The lowest BCUT2D eigenvalue weighted by molar-refractivity contribution is -0.123. The zero-order valence-electron chi connectivity index (χ0n) is 16.3. The van der Waals surface area contributed by atoms with Gasteiger partial charge in [0.05, 0.1) is 6.54 Å². The van der Waals surface area contributed by atoms with E-state index in [1.54, 1.807) is 0 Å². The van der Waals surface area contributed by atoms with E-state index in [2.05, 4.69) is 57.5 Å². The topological polar surface area (TPSA) is 98.7 Å². The maximum atomic E-state index is 12.3. The van der Waals surface area contributed by atoms with Crippen LogP contribution in [-0.4, -0.2) is 77.3 Å². The molecule has 0 unspecified atom stereocenters. The molecule has 0 radical (unpaired) electrons. The Kier molecular flexibility index (Phi) is 8.99. The lowest BCUT2D eigenvalue weighted by Gasteiger charge is -2.18. The zero-order chi connectivity index (χ0) is 20.4. The average molecular weight is 406 g/mol. The highest BCUT2D eigenvalue weighted by atomic mass is 32.1. The predicted molar refractivity (Wildman–Crippen MR) is 110 cm³/mol. The summed E-state index contributed by atoms with van der Waals surface area (Å²) >= 11 is 1.45. The van der Waals surface area contributed by atoms with E-state index in [1.807, 2.05) is 6.07 Å². The van der Waals surface area contributed by atoms with E-state index in [4.69, 9.17) is 9.90 Å². The van der Waals surface area contributed by atoms with Crippen molar-refractivity contribution in [3.8, 4) is 0 Å². The van der Waals surface area contributed by atoms with Gasteiger partial charge in [0, 0.05) is 19.5 Å². The number of likely N-dealkylation sites (N-methyl/N-ethyl adjacent to an activating group) is 1. The number of nitrogens with one attached hydrogen (secondary N) is 1. The fourth-order valence-electron chi connectivity index (χ4n) is 2.99. The van der Waals surface area contributed by atoms with E-state index in [9.17, 15) is 4.79 Å². The van der Waals surface area contributed by atoms with Crippen LogP contribution in [-0.2, 0) is 16.0 Å². The monoisotopic (exact) mass is 405 g/mol. The SMILES string of the molecule is Cc1cccc(Cc2nnc(NC(=O)CN3CCCN(C)CC3)s2)c1.O=CO. The minimum Gasteiger partial charge on any atom is -0.483 e. The average Bonchev–Trinajstić information content (AvgIpc) is 2.96. The first kappa shape index (κ1) is 21.9. The lowest BCUT2D eigenvalue weighted by Crippen LogP contribution is -2.35. The Morgan fingerprint density at radius 2 is 2.07 bits per heavy atom. The van der Waals surface area contributed by atoms with Crippen molar-refractivity contribution in [2.45, 2.75) is 19.8 Å². The Bertz CT molecular complexity index is 768. The van der Waals surface area contributed by atoms with Crippen LogP contribution >= 0.6 is 11.3 Å². The Hall–Kier alpha value is -2.36. The van der Waals surface area contributed by atoms with Gasteiger partial charge in [0.15, 0.2) is 0 Å². The molecule has 1 saturated heterocycles. The third-order valence-corrected chi connectivity index (χ3v) is 5.17. The minimum absolute atomic E-state index is 0.0113. The van der Waals surface area contributed by atoms with Crippen LogP contribution in [0.15, 0.2) is 24.3 Å². The van der Waals surface area contributed by atoms with Crippen LogP contribution in [0.4, 0.5) is 5.13 Å². The van der Waals surface area contributed by atoms with Gasteiger partial charge < -0.3 is 10.0 Å². The number of carbonyl (C=O) groups excluding carboxylic acids is 1. The van der Waals surface area contributed by atoms with Crippen LogP contribution in [0.5, 0.6) is 0 Å². The smallest absolute Gasteiger partial charge is 0.290 e. The molecule has 1 fully saturated rings. The number of amides is 1. The molecule has 1 aliphatic rings. The van der Waals surface area contributed by atoms with Gasteiger partial charge in [0.1, 0.15) is 5.01 Å². The summed E-state index contributed by atoms with van der Waals surface area (Å²) in [4.78, 5) is 25.1. The van der Waals surface area contributed by atoms with Gasteiger partial charge in [-0.15, -0.1) is 10.2 Å². The van der Waals surface area contributed by atoms with Crippen molar-refractivity contribution in [2.75, 3.05) is 45.1 Å². The Balaban J connectivity index is 0.000000878. The van der Waals surface area contributed by atoms with Crippen LogP contribution in [0.3, 0.4) is 0 Å². The molecule has 3 rings (SSSR count). The second-order valence-corrected chi connectivity index (χ2v) is 7.82. The van der Waals surface area contributed by atoms with Gasteiger partial charge >= 0.3 is 0 Å². The third-order valence-electron chi connectivity index (χ3n) is 4.33. The van der Waals surface area contributed by atoms with Crippen molar-refractivity contribution < 1.29 is 14.7 Å². The largest absolute Gasteiger partial charge is 0.483 e. The predicted octanol–water partition coefficient (Wildman–Crippen LogP) is 1.71. The van der Waals surface area contributed by atoms with E-state index in [0.717, 1.165) is 44.0 Å². The van der Waals surface area contributed by atoms with Gasteiger partial charge in [-0.1, -0.05) is 41.2 Å². The first-order valence-electron chi connectivity index (χ1n) is 9.16. The summed E-state index contributed by atoms with van der Waals surface area (Å²) in [5.74, 6) is -0.0113. The Morgan fingerprint density at radius 1 is 1.29 bits per heavy atom. The summed E-state index contributed by atoms with van der Waals surface area (Å²) in [6, 6.07) is 8.36. The number of carbonyl (C=O) groups is 2. The van der Waals surface area contributed by atoms with Crippen molar-refractivity contribution in [1.82, 2.24) is 20.0 Å². The summed E-state index contributed by atoms with van der Waals surface area (Å²) in [6.07, 6.45) is 1.84. The number of rotatable bonds is 5. The molecule has 0 spiro atoms. The quantitative estimate of drug-likeness (QED) is 0.731. The van der Waals surface area contributed by atoms with Gasteiger partial charge in [-0.3, -0.25) is 19.8 Å². The highest BCUT2D eigenvalue weighted by Gasteiger charge is 2.16. The fraction of sp³-hybridized carbons (Fsp3) is 0.474. The molecule has 2 aromatic rings. The normalized spacial score (nSPS) is 15.2. The molecule has 1 aromatic carbocycles. The molecule has 2 N–H and O–H groups in total. The van der Waals surface area contributed by atoms with E-state index in [1.165, 1.54) is 22.5 Å². The van der Waals surface area contributed by atoms with Gasteiger partial charge in [-0.25, -0.2) is 0 Å². The van der Waals surface area contributed by atoms with Crippen molar-refractivity contribution in [3.05, 3.63) is 40.4 Å². The molecule has 0 bridgehead atoms. The van der Waals surface area contributed by atoms with Crippen molar-refractivity contribution in [2.24, 2.45) is 0 Å². The van der Waals surface area contributed by atoms with Crippen LogP contribution in [0.2, 0.25) is 0 Å². The molecule has 9 heteroatoms. The van der Waals surface area contributed by atoms with Gasteiger partial charge in [0.25, 0.3) is 6.47 Å². The number of aryl methyl sites for hydroxylation is 1. The molecule has 0 aliphatic carbocycles. The van der Waals surface area contributed by atoms with Crippen LogP contribution in [0.1, 0.15) is 22.6 Å². The van der Waals surface area contributed by atoms with Crippen molar-refractivity contribution in [1.29, 1.82) is 0 Å². The van der Waals surface area contributed by atoms with E-state index >= 15 is 0 Å². The second kappa shape index (κ2) is 11.5. The van der Waals surface area contributed by atoms with Gasteiger partial charge in [0.2, 0.25) is 11.0 Å². The molecule has 1 amide bonds. The van der Waals surface area contributed by atoms with Crippen molar-refractivity contribution >= 4 is 28.8 Å². The first-order valence-corrected chi connectivity index (χ1v) is 9.98. The summed E-state index contributed by atoms with van der Waals surface area (Å²) in [7, 11) is 2.13. The summed E-state index contributed by atoms with van der Waals surface area (Å²) in [6.45, 7) is 6.24. The zero-order valence-corrected chi connectivity index (χ0v) is 17.1. The molecule has 2 heterocycles. The lowest BCUT2D eigenvalue weighted by atomic mass is 10.1. The van der Waals surface area contributed by atoms with E-state index in [0.29, 0.717) is 11.7 Å². The minimum atomic E-state index is -0.250. The number of anilines is 1. The number of hydrogen-bond donors (Lipinski definition) is 2. The molecule has 1 aliphatic heterocycles. The van der Waals surface area contributed by atoms with Crippen LogP contribution < -0.4 is 5.32 Å². The standard InChI is InChI=1S/C18H25N5OS.CH2O2/c1-14-5-3-6-15(11-14)12-17-20-21-18(25-17)19-16(24)13-23-8-4-7-22(2)9-10-23;2-1-3/h3,5-6,11H,4,7-10,12-13H2,1-2H3,(H,19,21,24);1H,(H,2,3). The van der Waals surface area contributed by atoms with Crippen molar-refractivity contribution in [3.63, 3.8) is 0 Å². The summed E-state index contributed by atoms with van der Waals surface area (Å²) in [5, 5.41) is 19.6. The van der Waals surface area contributed by atoms with Crippen LogP contribution in [0, 0.1) is 6.92 Å². The van der Waals surface area contributed by atoms with E-state index < -0.39 is 0 Å². The van der Waals surface area contributed by atoms with E-state index in [-0.39, 0.29) is 12.4 Å². The highest BCUT2D eigenvalue weighted by molar-refractivity contribution is 7.15. The van der Waals surface area contributed by atoms with Crippen LogP contribution in [0.25, 0.3) is 0 Å². The maximum Gasteiger partial charge on any atom is 0.290 e. The highest BCUT2D eigenvalue weighted by Crippen LogP contribution is 2.19. The molecule has 1 aromatic heterocycles. The molecule has 28 heavy (non-hydrogen) atoms. The molecule has 8 nitrogen and oxygen atoms in total.